The summed E-state index contributed by atoms with van der Waals surface area (Å²) in [5.74, 6) is 0. The Morgan fingerprint density at radius 2 is 2.38 bits per heavy atom. The van der Waals surface area contributed by atoms with Crippen LogP contribution in [0.4, 0.5) is 4.79 Å². The largest absolute Gasteiger partial charge is 0.384 e. The molecule has 2 amide bonds. The lowest BCUT2D eigenvalue weighted by molar-refractivity contribution is 0.241. The summed E-state index contributed by atoms with van der Waals surface area (Å²) in [5.41, 5.74) is 3.22. The highest BCUT2D eigenvalue weighted by molar-refractivity contribution is 6.31. The Balaban J connectivity index is 1.80. The van der Waals surface area contributed by atoms with Crippen molar-refractivity contribution in [2.75, 3.05) is 6.54 Å². The zero-order chi connectivity index (χ0) is 17.4. The van der Waals surface area contributed by atoms with Crippen molar-refractivity contribution < 1.29 is 4.79 Å². The van der Waals surface area contributed by atoms with E-state index in [1.165, 1.54) is 5.57 Å². The second kappa shape index (κ2) is 9.18. The van der Waals surface area contributed by atoms with E-state index in [-0.39, 0.29) is 12.1 Å². The number of allylic oxidation sites excluding steroid dienone is 10. The van der Waals surface area contributed by atoms with E-state index in [4.69, 9.17) is 11.6 Å². The zero-order valence-electron chi connectivity index (χ0n) is 13.9. The maximum Gasteiger partial charge on any atom is 0.319 e. The molecule has 24 heavy (non-hydrogen) atoms. The first kappa shape index (κ1) is 18.1. The summed E-state index contributed by atoms with van der Waals surface area (Å²) in [7, 11) is 0. The third-order valence-electron chi connectivity index (χ3n) is 3.92. The second-order valence-electron chi connectivity index (χ2n) is 5.81. The van der Waals surface area contributed by atoms with Crippen molar-refractivity contribution in [2.45, 2.75) is 32.2 Å². The molecule has 1 heterocycles. The van der Waals surface area contributed by atoms with E-state index in [0.717, 1.165) is 24.2 Å². The quantitative estimate of drug-likeness (QED) is 0.659. The van der Waals surface area contributed by atoms with Gasteiger partial charge in [0.2, 0.25) is 0 Å². The van der Waals surface area contributed by atoms with E-state index < -0.39 is 0 Å². The van der Waals surface area contributed by atoms with Crippen LogP contribution in [0, 0.1) is 0 Å². The number of amides is 2. The number of carbonyl (C=O) groups is 1. The van der Waals surface area contributed by atoms with E-state index in [9.17, 15) is 4.79 Å². The van der Waals surface area contributed by atoms with Gasteiger partial charge in [-0.05, 0) is 37.5 Å². The van der Waals surface area contributed by atoms with Gasteiger partial charge in [0.15, 0.2) is 0 Å². The van der Waals surface area contributed by atoms with Crippen molar-refractivity contribution in [3.63, 3.8) is 0 Å². The van der Waals surface area contributed by atoms with Crippen molar-refractivity contribution >= 4 is 17.6 Å². The fourth-order valence-electron chi connectivity index (χ4n) is 2.66. The molecule has 0 bridgehead atoms. The minimum absolute atomic E-state index is 0.207. The van der Waals surface area contributed by atoms with Gasteiger partial charge in [-0.15, -0.1) is 0 Å². The standard InChI is InChI=1S/C19H24ClN3O/c1-3-4-7-15-10-11-18(22-14(15)2)13-21-19(24)23-17-9-6-5-8-16(20)12-17/h3-8,12,18,22H,1,9-11,13H2,2H3,(H2,21,23,24)/b7-4-. The van der Waals surface area contributed by atoms with Crippen LogP contribution >= 0.6 is 11.6 Å². The molecule has 4 nitrogen and oxygen atoms in total. The van der Waals surface area contributed by atoms with Crippen molar-refractivity contribution in [1.82, 2.24) is 16.0 Å². The first-order chi connectivity index (χ1) is 11.6. The Bertz CT molecular complexity index is 641. The number of nitrogens with one attached hydrogen (secondary N) is 3. The first-order valence-corrected chi connectivity index (χ1v) is 8.49. The molecule has 2 rings (SSSR count). The molecule has 3 N–H and O–H groups in total. The van der Waals surface area contributed by atoms with Crippen molar-refractivity contribution in [3.05, 3.63) is 71.1 Å². The molecule has 2 aliphatic rings. The first-order valence-electron chi connectivity index (χ1n) is 8.11. The predicted molar refractivity (Wildman–Crippen MR) is 101 cm³/mol. The molecule has 0 saturated carbocycles. The number of hydrogen-bond acceptors (Lipinski definition) is 2. The summed E-state index contributed by atoms with van der Waals surface area (Å²) in [6.07, 6.45) is 15.8. The lowest BCUT2D eigenvalue weighted by atomic mass is 9.98. The van der Waals surface area contributed by atoms with Crippen LogP contribution < -0.4 is 16.0 Å². The minimum Gasteiger partial charge on any atom is -0.384 e. The highest BCUT2D eigenvalue weighted by atomic mass is 35.5. The van der Waals surface area contributed by atoms with Gasteiger partial charge in [0.25, 0.3) is 0 Å². The smallest absolute Gasteiger partial charge is 0.319 e. The lowest BCUT2D eigenvalue weighted by Crippen LogP contribution is -2.45. The van der Waals surface area contributed by atoms with Gasteiger partial charge in [0, 0.05) is 35.4 Å². The number of hydrogen-bond donors (Lipinski definition) is 3. The molecular weight excluding hydrogens is 322 g/mol. The molecule has 1 atom stereocenters. The molecular formula is C19H24ClN3O. The third-order valence-corrected chi connectivity index (χ3v) is 4.16. The maximum absolute atomic E-state index is 12.0. The number of rotatable bonds is 5. The zero-order valence-corrected chi connectivity index (χ0v) is 14.7. The fourth-order valence-corrected chi connectivity index (χ4v) is 2.86. The minimum atomic E-state index is -0.207. The van der Waals surface area contributed by atoms with Crippen LogP contribution in [-0.4, -0.2) is 18.6 Å². The van der Waals surface area contributed by atoms with Crippen LogP contribution in [0.25, 0.3) is 0 Å². The van der Waals surface area contributed by atoms with Crippen LogP contribution in [0.5, 0.6) is 0 Å². The van der Waals surface area contributed by atoms with Crippen LogP contribution in [0.15, 0.2) is 71.1 Å². The summed E-state index contributed by atoms with van der Waals surface area (Å²) in [5, 5.41) is 9.82. The topological polar surface area (TPSA) is 53.2 Å². The lowest BCUT2D eigenvalue weighted by Gasteiger charge is -2.27. The monoisotopic (exact) mass is 345 g/mol. The highest BCUT2D eigenvalue weighted by Crippen LogP contribution is 2.19. The summed E-state index contributed by atoms with van der Waals surface area (Å²) >= 11 is 6.00. The molecule has 1 aliphatic carbocycles. The van der Waals surface area contributed by atoms with Crippen LogP contribution in [0.1, 0.15) is 26.2 Å². The molecule has 0 saturated heterocycles. The summed E-state index contributed by atoms with van der Waals surface area (Å²) < 4.78 is 0. The fraction of sp³-hybridized carbons (Fsp3) is 0.316. The highest BCUT2D eigenvalue weighted by Gasteiger charge is 2.17. The average Bonchev–Trinajstić information content (AvgIpc) is 2.76. The van der Waals surface area contributed by atoms with Crippen LogP contribution in [0.3, 0.4) is 0 Å². The normalized spacial score (nSPS) is 20.8. The average molecular weight is 346 g/mol. The molecule has 0 spiro atoms. The van der Waals surface area contributed by atoms with Crippen molar-refractivity contribution in [2.24, 2.45) is 0 Å². The number of halogens is 1. The van der Waals surface area contributed by atoms with Crippen molar-refractivity contribution in [1.29, 1.82) is 0 Å². The Morgan fingerprint density at radius 1 is 1.54 bits per heavy atom. The number of urea groups is 1. The summed E-state index contributed by atoms with van der Waals surface area (Å²) in [6, 6.07) is 0.0323. The molecule has 128 valence electrons. The Morgan fingerprint density at radius 3 is 3.12 bits per heavy atom. The van der Waals surface area contributed by atoms with Gasteiger partial charge < -0.3 is 16.0 Å². The molecule has 5 heteroatoms. The molecule has 0 radical (unpaired) electrons. The van der Waals surface area contributed by atoms with E-state index in [2.05, 4.69) is 35.5 Å². The van der Waals surface area contributed by atoms with Crippen LogP contribution in [0.2, 0.25) is 0 Å². The maximum atomic E-state index is 12.0. The Kier molecular flexibility index (Phi) is 6.94. The van der Waals surface area contributed by atoms with E-state index in [0.29, 0.717) is 18.0 Å². The Labute approximate surface area is 148 Å². The molecule has 0 aromatic heterocycles. The van der Waals surface area contributed by atoms with E-state index in [1.807, 2.05) is 18.2 Å². The second-order valence-corrected chi connectivity index (χ2v) is 6.25. The van der Waals surface area contributed by atoms with Gasteiger partial charge in [-0.3, -0.25) is 0 Å². The van der Waals surface area contributed by atoms with E-state index >= 15 is 0 Å². The van der Waals surface area contributed by atoms with Crippen LogP contribution in [-0.2, 0) is 0 Å². The SMILES string of the molecule is C=C/C=C\C1=C(C)NC(CNC(=O)NC2=CC(Cl)=CC=CC2)CC1. The van der Waals surface area contributed by atoms with E-state index in [1.54, 1.807) is 18.2 Å². The summed E-state index contributed by atoms with van der Waals surface area (Å²) in [6.45, 7) is 6.33. The molecule has 0 aromatic rings. The van der Waals surface area contributed by atoms with Gasteiger partial charge in [-0.1, -0.05) is 48.6 Å². The Hall–Kier alpha value is -2.20. The molecule has 1 unspecified atom stereocenters. The van der Waals surface area contributed by atoms with Gasteiger partial charge in [0.1, 0.15) is 0 Å². The van der Waals surface area contributed by atoms with Gasteiger partial charge in [-0.25, -0.2) is 4.79 Å². The van der Waals surface area contributed by atoms with Gasteiger partial charge in [0.05, 0.1) is 0 Å². The molecule has 1 aliphatic heterocycles. The van der Waals surface area contributed by atoms with Gasteiger partial charge >= 0.3 is 6.03 Å². The van der Waals surface area contributed by atoms with Gasteiger partial charge in [-0.2, -0.15) is 0 Å². The molecule has 0 fully saturated rings. The molecule has 0 aromatic carbocycles. The number of carbonyl (C=O) groups excluding carboxylic acids is 1. The predicted octanol–water partition coefficient (Wildman–Crippen LogP) is 4.02. The van der Waals surface area contributed by atoms with Crippen molar-refractivity contribution in [3.8, 4) is 0 Å². The summed E-state index contributed by atoms with van der Waals surface area (Å²) in [4.78, 5) is 12.0. The third kappa shape index (κ3) is 5.78.